The minimum atomic E-state index is -0.0464. The van der Waals surface area contributed by atoms with Gasteiger partial charge in [-0.3, -0.25) is 4.79 Å². The number of ether oxygens (including phenoxy) is 1. The molecule has 3 heteroatoms. The molecule has 3 nitrogen and oxygen atoms in total. The van der Waals surface area contributed by atoms with E-state index >= 15 is 0 Å². The molecule has 0 radical (unpaired) electrons. The lowest BCUT2D eigenvalue weighted by Crippen LogP contribution is -2.26. The van der Waals surface area contributed by atoms with Gasteiger partial charge in [0.1, 0.15) is 6.61 Å². The summed E-state index contributed by atoms with van der Waals surface area (Å²) in [4.78, 5) is 14.2. The molecule has 1 aliphatic rings. The van der Waals surface area contributed by atoms with Crippen molar-refractivity contribution < 1.29 is 9.53 Å². The zero-order valence-electron chi connectivity index (χ0n) is 13.3. The van der Waals surface area contributed by atoms with Crippen molar-refractivity contribution in [3.63, 3.8) is 0 Å². The molecule has 2 rings (SSSR count). The van der Waals surface area contributed by atoms with Crippen LogP contribution in [0.2, 0.25) is 0 Å². The van der Waals surface area contributed by atoms with E-state index in [0.29, 0.717) is 18.9 Å². The molecule has 0 aromatic heterocycles. The molecular formula is C18H27NO2. The molecule has 1 saturated carbocycles. The van der Waals surface area contributed by atoms with Crippen LogP contribution in [0, 0.1) is 11.8 Å². The topological polar surface area (TPSA) is 29.5 Å². The maximum atomic E-state index is 11.9. The Morgan fingerprint density at radius 1 is 1.10 bits per heavy atom. The molecule has 0 atom stereocenters. The fourth-order valence-corrected chi connectivity index (χ4v) is 3.17. The van der Waals surface area contributed by atoms with Gasteiger partial charge in [-0.25, -0.2) is 0 Å². The van der Waals surface area contributed by atoms with Crippen molar-refractivity contribution in [3.8, 4) is 0 Å². The number of hydrogen-bond donors (Lipinski definition) is 0. The van der Waals surface area contributed by atoms with Crippen LogP contribution in [0.15, 0.2) is 30.3 Å². The minimum absolute atomic E-state index is 0.0464. The Labute approximate surface area is 128 Å². The highest BCUT2D eigenvalue weighted by Gasteiger charge is 2.23. The van der Waals surface area contributed by atoms with Gasteiger partial charge in [-0.2, -0.15) is 0 Å². The third kappa shape index (κ3) is 5.88. The van der Waals surface area contributed by atoms with Crippen molar-refractivity contribution in [3.05, 3.63) is 35.9 Å². The van der Waals surface area contributed by atoms with Crippen LogP contribution in [-0.4, -0.2) is 31.5 Å². The van der Waals surface area contributed by atoms with E-state index < -0.39 is 0 Å². The van der Waals surface area contributed by atoms with Crippen LogP contribution in [0.5, 0.6) is 0 Å². The molecule has 1 fully saturated rings. The Balaban J connectivity index is 1.65. The number of hydrogen-bond acceptors (Lipinski definition) is 3. The Kier molecular flexibility index (Phi) is 6.24. The first-order valence-corrected chi connectivity index (χ1v) is 7.97. The van der Waals surface area contributed by atoms with E-state index in [1.807, 2.05) is 30.3 Å². The van der Waals surface area contributed by atoms with E-state index in [0.717, 1.165) is 11.5 Å². The summed E-state index contributed by atoms with van der Waals surface area (Å²) >= 11 is 0. The minimum Gasteiger partial charge on any atom is -0.461 e. The average Bonchev–Trinajstić information content (AvgIpc) is 2.48. The fraction of sp³-hybridized carbons (Fsp3) is 0.611. The zero-order valence-corrected chi connectivity index (χ0v) is 13.3. The van der Waals surface area contributed by atoms with E-state index in [1.165, 1.54) is 32.2 Å². The van der Waals surface area contributed by atoms with Crippen LogP contribution in [-0.2, 0) is 16.1 Å². The molecular weight excluding hydrogens is 262 g/mol. The molecule has 0 saturated heterocycles. The van der Waals surface area contributed by atoms with Crippen LogP contribution in [0.25, 0.3) is 0 Å². The van der Waals surface area contributed by atoms with Gasteiger partial charge in [0, 0.05) is 13.0 Å². The predicted octanol–water partition coefficient (Wildman–Crippen LogP) is 3.49. The summed E-state index contributed by atoms with van der Waals surface area (Å²) in [5.74, 6) is 1.28. The maximum absolute atomic E-state index is 11.9. The van der Waals surface area contributed by atoms with Gasteiger partial charge < -0.3 is 9.64 Å². The van der Waals surface area contributed by atoms with E-state index in [9.17, 15) is 4.79 Å². The molecule has 0 aliphatic heterocycles. The van der Waals surface area contributed by atoms with Crippen molar-refractivity contribution in [2.45, 2.75) is 38.7 Å². The lowest BCUT2D eigenvalue weighted by Gasteiger charge is -2.29. The monoisotopic (exact) mass is 289 g/mol. The molecule has 1 aromatic carbocycles. The summed E-state index contributed by atoms with van der Waals surface area (Å²) in [5, 5.41) is 0. The van der Waals surface area contributed by atoms with Gasteiger partial charge in [-0.1, -0.05) is 30.3 Å². The summed E-state index contributed by atoms with van der Waals surface area (Å²) in [5.41, 5.74) is 1.06. The molecule has 1 aromatic rings. The Morgan fingerprint density at radius 2 is 1.71 bits per heavy atom. The van der Waals surface area contributed by atoms with Gasteiger partial charge in [-0.15, -0.1) is 0 Å². The van der Waals surface area contributed by atoms with Gasteiger partial charge in [0.2, 0.25) is 0 Å². The third-order valence-electron chi connectivity index (χ3n) is 4.29. The highest BCUT2D eigenvalue weighted by Crippen LogP contribution is 2.31. The maximum Gasteiger partial charge on any atom is 0.306 e. The second-order valence-corrected chi connectivity index (χ2v) is 6.50. The number of rotatable bonds is 6. The van der Waals surface area contributed by atoms with E-state index in [2.05, 4.69) is 19.0 Å². The van der Waals surface area contributed by atoms with Gasteiger partial charge in [0.05, 0.1) is 0 Å². The Bertz CT molecular complexity index is 422. The number of carbonyl (C=O) groups is 1. The summed E-state index contributed by atoms with van der Waals surface area (Å²) in [7, 11) is 4.26. The van der Waals surface area contributed by atoms with Gasteiger partial charge >= 0.3 is 5.97 Å². The smallest absolute Gasteiger partial charge is 0.306 e. The molecule has 21 heavy (non-hydrogen) atoms. The number of carbonyl (C=O) groups excluding carboxylic acids is 1. The van der Waals surface area contributed by atoms with Crippen molar-refractivity contribution in [2.24, 2.45) is 11.8 Å². The molecule has 0 N–H and O–H groups in total. The first kappa shape index (κ1) is 16.0. The molecule has 1 aliphatic carbocycles. The van der Waals surface area contributed by atoms with Gasteiger partial charge in [0.25, 0.3) is 0 Å². The quantitative estimate of drug-likeness (QED) is 0.751. The van der Waals surface area contributed by atoms with Crippen molar-refractivity contribution in [2.75, 3.05) is 20.6 Å². The zero-order chi connectivity index (χ0) is 15.1. The van der Waals surface area contributed by atoms with Crippen LogP contribution in [0.3, 0.4) is 0 Å². The molecule has 0 unspecified atom stereocenters. The molecule has 0 heterocycles. The number of esters is 1. The number of nitrogens with zero attached hydrogens (tertiary/aromatic N) is 1. The predicted molar refractivity (Wildman–Crippen MR) is 84.9 cm³/mol. The molecule has 0 spiro atoms. The van der Waals surface area contributed by atoms with Crippen LogP contribution in [0.1, 0.15) is 37.7 Å². The van der Waals surface area contributed by atoms with Gasteiger partial charge in [0.15, 0.2) is 0 Å². The lowest BCUT2D eigenvalue weighted by atomic mass is 9.80. The Hall–Kier alpha value is -1.35. The molecule has 116 valence electrons. The lowest BCUT2D eigenvalue weighted by molar-refractivity contribution is -0.146. The first-order valence-electron chi connectivity index (χ1n) is 7.97. The standard InChI is InChI=1S/C18H27NO2/c1-19(2)13-16-10-8-15(9-11-16)12-18(20)21-14-17-6-4-3-5-7-17/h3-7,15-16H,8-14H2,1-2H3. The van der Waals surface area contributed by atoms with Crippen molar-refractivity contribution in [1.29, 1.82) is 0 Å². The Morgan fingerprint density at radius 3 is 2.33 bits per heavy atom. The third-order valence-corrected chi connectivity index (χ3v) is 4.29. The second kappa shape index (κ2) is 8.18. The van der Waals surface area contributed by atoms with E-state index in [-0.39, 0.29) is 5.97 Å². The summed E-state index contributed by atoms with van der Waals surface area (Å²) in [6, 6.07) is 9.88. The fourth-order valence-electron chi connectivity index (χ4n) is 3.17. The number of benzene rings is 1. The van der Waals surface area contributed by atoms with Gasteiger partial charge in [-0.05, 0) is 57.2 Å². The second-order valence-electron chi connectivity index (χ2n) is 6.50. The summed E-state index contributed by atoms with van der Waals surface area (Å²) < 4.78 is 5.38. The largest absolute Gasteiger partial charge is 0.461 e. The van der Waals surface area contributed by atoms with Crippen LogP contribution < -0.4 is 0 Å². The highest BCUT2D eigenvalue weighted by atomic mass is 16.5. The van der Waals surface area contributed by atoms with Crippen molar-refractivity contribution >= 4 is 5.97 Å². The van der Waals surface area contributed by atoms with E-state index in [1.54, 1.807) is 0 Å². The molecule has 0 bridgehead atoms. The summed E-state index contributed by atoms with van der Waals surface area (Å²) in [6.07, 6.45) is 5.41. The normalized spacial score (nSPS) is 22.2. The van der Waals surface area contributed by atoms with Crippen LogP contribution >= 0.6 is 0 Å². The summed E-state index contributed by atoms with van der Waals surface area (Å²) in [6.45, 7) is 1.57. The van der Waals surface area contributed by atoms with Crippen molar-refractivity contribution in [1.82, 2.24) is 4.90 Å². The SMILES string of the molecule is CN(C)CC1CCC(CC(=O)OCc2ccccc2)CC1. The average molecular weight is 289 g/mol. The van der Waals surface area contributed by atoms with E-state index in [4.69, 9.17) is 4.74 Å². The van der Waals surface area contributed by atoms with Crippen LogP contribution in [0.4, 0.5) is 0 Å². The first-order chi connectivity index (χ1) is 10.1. The highest BCUT2D eigenvalue weighted by molar-refractivity contribution is 5.69. The molecule has 0 amide bonds.